The third-order valence-corrected chi connectivity index (χ3v) is 9.67. The maximum Gasteiger partial charge on any atom is 0.335 e. The van der Waals surface area contributed by atoms with Crippen molar-refractivity contribution in [3.8, 4) is 11.1 Å². The van der Waals surface area contributed by atoms with E-state index in [2.05, 4.69) is 36.5 Å². The van der Waals surface area contributed by atoms with Gasteiger partial charge in [0.05, 0.1) is 24.4 Å². The van der Waals surface area contributed by atoms with Crippen LogP contribution in [0.15, 0.2) is 132 Å². The Hall–Kier alpha value is -4.73. The summed E-state index contributed by atoms with van der Waals surface area (Å²) in [4.78, 5) is 24.8. The van der Waals surface area contributed by atoms with Crippen LogP contribution >= 0.6 is 11.8 Å². The van der Waals surface area contributed by atoms with Gasteiger partial charge in [0.1, 0.15) is 0 Å². The van der Waals surface area contributed by atoms with Gasteiger partial charge >= 0.3 is 5.97 Å². The van der Waals surface area contributed by atoms with Crippen LogP contribution < -0.4 is 5.32 Å². The van der Waals surface area contributed by atoms with Gasteiger partial charge in [-0.3, -0.25) is 4.79 Å². The highest BCUT2D eigenvalue weighted by Gasteiger charge is 2.38. The number of hydrogen-bond acceptors (Lipinski definition) is 6. The summed E-state index contributed by atoms with van der Waals surface area (Å²) in [5, 5.41) is 21.8. The Balaban J connectivity index is 1.18. The first kappa shape index (κ1) is 33.2. The fourth-order valence-electron chi connectivity index (χ4n) is 5.75. The van der Waals surface area contributed by atoms with Crippen molar-refractivity contribution in [2.24, 2.45) is 5.92 Å². The topological polar surface area (TPSA) is 105 Å². The molecule has 1 amide bonds. The fourth-order valence-corrected chi connectivity index (χ4v) is 6.82. The fraction of sp³-hybridized carbons (Fsp3) is 0.200. The second-order valence-corrected chi connectivity index (χ2v) is 12.9. The average molecular weight is 660 g/mol. The van der Waals surface area contributed by atoms with E-state index in [4.69, 9.17) is 9.47 Å². The molecule has 1 fully saturated rings. The van der Waals surface area contributed by atoms with Crippen molar-refractivity contribution in [2.45, 2.75) is 43.5 Å². The van der Waals surface area contributed by atoms with Gasteiger partial charge in [-0.25, -0.2) is 4.79 Å². The zero-order valence-corrected chi connectivity index (χ0v) is 27.3. The Morgan fingerprint density at radius 2 is 1.44 bits per heavy atom. The van der Waals surface area contributed by atoms with E-state index in [9.17, 15) is 19.8 Å². The zero-order chi connectivity index (χ0) is 33.5. The third kappa shape index (κ3) is 8.03. The van der Waals surface area contributed by atoms with Crippen LogP contribution in [0.25, 0.3) is 11.1 Å². The van der Waals surface area contributed by atoms with Crippen LogP contribution in [-0.2, 0) is 22.6 Å². The molecule has 3 N–H and O–H groups in total. The maximum atomic E-state index is 12.5. The number of carboxylic acids is 1. The lowest BCUT2D eigenvalue weighted by Gasteiger charge is -2.41. The molecular weight excluding hydrogens is 623 g/mol. The molecule has 7 nitrogen and oxygen atoms in total. The van der Waals surface area contributed by atoms with Gasteiger partial charge < -0.3 is 25.0 Å². The molecule has 0 unspecified atom stereocenters. The number of aliphatic hydroxyl groups excluding tert-OH is 1. The van der Waals surface area contributed by atoms with Crippen LogP contribution in [0.1, 0.15) is 62.3 Å². The summed E-state index contributed by atoms with van der Waals surface area (Å²) in [5.41, 5.74) is 6.71. The molecule has 1 saturated heterocycles. The second kappa shape index (κ2) is 15.4. The first-order valence-corrected chi connectivity index (χ1v) is 16.9. The smallest absolute Gasteiger partial charge is 0.335 e. The van der Waals surface area contributed by atoms with E-state index < -0.39 is 12.3 Å². The quantitative estimate of drug-likeness (QED) is 0.123. The summed E-state index contributed by atoms with van der Waals surface area (Å²) in [7, 11) is 0. The Morgan fingerprint density at radius 1 is 0.729 bits per heavy atom. The number of aromatic carboxylic acids is 1. The van der Waals surface area contributed by atoms with E-state index >= 15 is 0 Å². The number of nitrogens with one attached hydrogen (secondary N) is 1. The van der Waals surface area contributed by atoms with Gasteiger partial charge in [-0.15, -0.1) is 11.8 Å². The molecule has 0 bridgehead atoms. The molecule has 5 aromatic rings. The summed E-state index contributed by atoms with van der Waals surface area (Å²) in [6.45, 7) is 2.52. The molecule has 48 heavy (non-hydrogen) atoms. The van der Waals surface area contributed by atoms with Crippen LogP contribution in [0.4, 0.5) is 0 Å². The van der Waals surface area contributed by atoms with Crippen molar-refractivity contribution < 1.29 is 29.3 Å². The van der Waals surface area contributed by atoms with Crippen LogP contribution in [0.5, 0.6) is 0 Å². The molecule has 6 rings (SSSR count). The molecule has 8 heteroatoms. The van der Waals surface area contributed by atoms with Gasteiger partial charge in [-0.05, 0) is 70.3 Å². The Labute approximate surface area is 284 Å². The molecule has 0 aromatic heterocycles. The van der Waals surface area contributed by atoms with Crippen molar-refractivity contribution in [3.63, 3.8) is 0 Å². The number of amides is 1. The maximum absolute atomic E-state index is 12.5. The molecule has 5 aromatic carbocycles. The number of carboxylic acid groups (broad SMARTS) is 1. The molecule has 1 aliphatic heterocycles. The first-order chi connectivity index (χ1) is 23.4. The van der Waals surface area contributed by atoms with E-state index in [1.807, 2.05) is 78.9 Å². The Morgan fingerprint density at radius 3 is 2.12 bits per heavy atom. The van der Waals surface area contributed by atoms with Gasteiger partial charge in [-0.2, -0.15) is 0 Å². The second-order valence-electron chi connectivity index (χ2n) is 11.8. The Kier molecular flexibility index (Phi) is 10.7. The SMILES string of the molecule is C[C@H]1[C@@H](CSc2ccc(C(=O)O)cc2)O[C@@H](c2ccc(-c3cccc(CNC(=O)c4ccccc4)c3)cc2)O[C@H]1c1ccc(CO)cc1. The predicted octanol–water partition coefficient (Wildman–Crippen LogP) is 8.06. The summed E-state index contributed by atoms with van der Waals surface area (Å²) in [5.74, 6) is -0.374. The van der Waals surface area contributed by atoms with Gasteiger partial charge in [0, 0.05) is 34.2 Å². The van der Waals surface area contributed by atoms with Gasteiger partial charge in [0.15, 0.2) is 6.29 Å². The molecule has 1 heterocycles. The minimum Gasteiger partial charge on any atom is -0.478 e. The zero-order valence-electron chi connectivity index (χ0n) is 26.5. The third-order valence-electron chi connectivity index (χ3n) is 8.57. The van der Waals surface area contributed by atoms with E-state index in [1.165, 1.54) is 0 Å². The number of aliphatic hydroxyl groups is 1. The van der Waals surface area contributed by atoms with Crippen LogP contribution in [-0.4, -0.2) is 33.9 Å². The normalized spacial score (nSPS) is 19.0. The monoisotopic (exact) mass is 659 g/mol. The number of carbonyl (C=O) groups is 2. The molecule has 244 valence electrons. The lowest BCUT2D eigenvalue weighted by molar-refractivity contribution is -0.268. The van der Waals surface area contributed by atoms with Crippen LogP contribution in [0, 0.1) is 5.92 Å². The summed E-state index contributed by atoms with van der Waals surface area (Å²) in [6.07, 6.45) is -0.992. The highest BCUT2D eigenvalue weighted by atomic mass is 32.2. The molecule has 0 spiro atoms. The van der Waals surface area contributed by atoms with Crippen molar-refractivity contribution in [3.05, 3.63) is 161 Å². The molecule has 1 aliphatic rings. The molecule has 4 atom stereocenters. The van der Waals surface area contributed by atoms with E-state index in [1.54, 1.807) is 36.0 Å². The van der Waals surface area contributed by atoms with Crippen LogP contribution in [0.3, 0.4) is 0 Å². The van der Waals surface area contributed by atoms with E-state index in [-0.39, 0.29) is 36.2 Å². The lowest BCUT2D eigenvalue weighted by atomic mass is 9.91. The molecule has 0 radical (unpaired) electrons. The number of ether oxygens (including phenoxy) is 2. The summed E-state index contributed by atoms with van der Waals surface area (Å²) in [6, 6.07) is 40.2. The Bertz CT molecular complexity index is 1830. The predicted molar refractivity (Wildman–Crippen MR) is 187 cm³/mol. The number of carbonyl (C=O) groups excluding carboxylic acids is 1. The molecule has 0 saturated carbocycles. The van der Waals surface area contributed by atoms with Gasteiger partial charge in [0.25, 0.3) is 5.91 Å². The molecule has 0 aliphatic carbocycles. The standard InChI is InChI=1S/C40H37NO6S/c1-26-36(25-48-35-20-18-32(19-21-35)39(44)45)46-40(47-37(26)30-12-10-27(24-42)11-13-30)33-16-14-29(15-17-33)34-9-5-6-28(22-34)23-41-38(43)31-7-3-2-4-8-31/h2-22,26,36-37,40,42H,23-25H2,1H3,(H,41,43)(H,44,45)/t26-,36+,37+,40+/m0/s1. The van der Waals surface area contributed by atoms with Crippen LogP contribution in [0.2, 0.25) is 0 Å². The van der Waals surface area contributed by atoms with E-state index in [0.717, 1.165) is 38.3 Å². The van der Waals surface area contributed by atoms with Gasteiger partial charge in [0.2, 0.25) is 0 Å². The number of rotatable bonds is 11. The first-order valence-electron chi connectivity index (χ1n) is 15.9. The van der Waals surface area contributed by atoms with Gasteiger partial charge in [-0.1, -0.05) is 91.9 Å². The molecular formula is C40H37NO6S. The number of thioether (sulfide) groups is 1. The number of benzene rings is 5. The van der Waals surface area contributed by atoms with E-state index in [0.29, 0.717) is 17.9 Å². The largest absolute Gasteiger partial charge is 0.478 e. The minimum atomic E-state index is -0.947. The highest BCUT2D eigenvalue weighted by Crippen LogP contribution is 2.43. The average Bonchev–Trinajstić information content (AvgIpc) is 3.14. The minimum absolute atomic E-state index is 0.0232. The van der Waals surface area contributed by atoms with Crippen molar-refractivity contribution in [1.82, 2.24) is 5.32 Å². The lowest BCUT2D eigenvalue weighted by Crippen LogP contribution is -2.38. The van der Waals surface area contributed by atoms with Crippen molar-refractivity contribution in [1.29, 1.82) is 0 Å². The highest BCUT2D eigenvalue weighted by molar-refractivity contribution is 7.99. The number of hydrogen-bond donors (Lipinski definition) is 3. The van der Waals surface area contributed by atoms with Crippen molar-refractivity contribution in [2.75, 3.05) is 5.75 Å². The van der Waals surface area contributed by atoms with Crippen molar-refractivity contribution >= 4 is 23.6 Å². The summed E-state index contributed by atoms with van der Waals surface area (Å²) >= 11 is 1.62. The summed E-state index contributed by atoms with van der Waals surface area (Å²) < 4.78 is 13.2.